The third kappa shape index (κ3) is 1.30. The molecule has 11 heavy (non-hydrogen) atoms. The number of nitrogens with one attached hydrogen (secondary N) is 1. The van der Waals surface area contributed by atoms with E-state index in [1.165, 1.54) is 0 Å². The van der Waals surface area contributed by atoms with Gasteiger partial charge < -0.3 is 10.1 Å². The fourth-order valence-corrected chi connectivity index (χ4v) is 1.95. The molecule has 0 saturated carbocycles. The molecule has 0 radical (unpaired) electrons. The Kier molecular flexibility index (Phi) is 1.69. The van der Waals surface area contributed by atoms with Gasteiger partial charge in [0.1, 0.15) is 5.78 Å². The van der Waals surface area contributed by atoms with Crippen LogP contribution >= 0.6 is 0 Å². The van der Waals surface area contributed by atoms with Gasteiger partial charge >= 0.3 is 0 Å². The van der Waals surface area contributed by atoms with Crippen LogP contribution < -0.4 is 5.32 Å². The fraction of sp³-hybridized carbons (Fsp3) is 0.875. The van der Waals surface area contributed by atoms with E-state index < -0.39 is 0 Å². The smallest absolute Gasteiger partial charge is 0.149 e. The van der Waals surface area contributed by atoms with Crippen LogP contribution in [0.4, 0.5) is 0 Å². The normalized spacial score (nSPS) is 38.4. The molecule has 0 aromatic rings. The molecule has 1 N–H and O–H groups in total. The molecule has 0 aliphatic carbocycles. The number of ketones is 1. The van der Waals surface area contributed by atoms with Gasteiger partial charge in [0.15, 0.2) is 0 Å². The monoisotopic (exact) mass is 155 g/mol. The maximum absolute atomic E-state index is 11.1. The van der Waals surface area contributed by atoms with Crippen molar-refractivity contribution in [3.63, 3.8) is 0 Å². The quantitative estimate of drug-likeness (QED) is 0.539. The second-order valence-electron chi connectivity index (χ2n) is 3.45. The lowest BCUT2D eigenvalue weighted by atomic mass is 9.91. The van der Waals surface area contributed by atoms with Crippen molar-refractivity contribution in [1.29, 1.82) is 0 Å². The summed E-state index contributed by atoms with van der Waals surface area (Å²) in [5.41, 5.74) is -0.116. The van der Waals surface area contributed by atoms with Gasteiger partial charge in [-0.05, 0) is 12.8 Å². The van der Waals surface area contributed by atoms with Crippen LogP contribution in [-0.4, -0.2) is 31.1 Å². The zero-order valence-corrected chi connectivity index (χ0v) is 6.56. The number of hydrogen-bond donors (Lipinski definition) is 1. The van der Waals surface area contributed by atoms with Gasteiger partial charge in [0, 0.05) is 19.6 Å². The van der Waals surface area contributed by atoms with Crippen molar-refractivity contribution >= 4 is 5.78 Å². The Labute approximate surface area is 66.1 Å². The third-order valence-electron chi connectivity index (χ3n) is 2.47. The van der Waals surface area contributed by atoms with E-state index in [9.17, 15) is 4.79 Å². The number of rotatable bonds is 0. The summed E-state index contributed by atoms with van der Waals surface area (Å²) >= 11 is 0. The topological polar surface area (TPSA) is 38.3 Å². The standard InChI is InChI=1S/C8H13NO2/c10-7-4-8(6-9-5-7)2-1-3-11-8/h9H,1-6H2. The van der Waals surface area contributed by atoms with E-state index >= 15 is 0 Å². The lowest BCUT2D eigenvalue weighted by Crippen LogP contribution is -2.49. The summed E-state index contributed by atoms with van der Waals surface area (Å²) in [5.74, 6) is 0.290. The van der Waals surface area contributed by atoms with Crippen molar-refractivity contribution < 1.29 is 9.53 Å². The summed E-state index contributed by atoms with van der Waals surface area (Å²) in [6.45, 7) is 2.22. The molecule has 2 fully saturated rings. The highest BCUT2D eigenvalue weighted by Crippen LogP contribution is 2.30. The van der Waals surface area contributed by atoms with Crippen LogP contribution in [0.5, 0.6) is 0 Å². The number of Topliss-reactive ketones (excluding diaryl/α,β-unsaturated/α-hetero) is 1. The zero-order chi connectivity index (χ0) is 7.73. The molecule has 0 aromatic heterocycles. The molecule has 0 aromatic carbocycles. The van der Waals surface area contributed by atoms with E-state index in [0.717, 1.165) is 26.0 Å². The molecule has 1 unspecified atom stereocenters. The molecule has 2 saturated heterocycles. The predicted molar refractivity (Wildman–Crippen MR) is 40.4 cm³/mol. The van der Waals surface area contributed by atoms with E-state index in [1.54, 1.807) is 0 Å². The molecule has 1 atom stereocenters. The van der Waals surface area contributed by atoms with Gasteiger partial charge in [-0.2, -0.15) is 0 Å². The minimum absolute atomic E-state index is 0.116. The second-order valence-corrected chi connectivity index (χ2v) is 3.45. The van der Waals surface area contributed by atoms with E-state index in [1.807, 2.05) is 0 Å². The highest BCUT2D eigenvalue weighted by atomic mass is 16.5. The van der Waals surface area contributed by atoms with Crippen molar-refractivity contribution in [2.45, 2.75) is 24.9 Å². The molecule has 2 rings (SSSR count). The Bertz CT molecular complexity index is 173. The van der Waals surface area contributed by atoms with Gasteiger partial charge in [-0.15, -0.1) is 0 Å². The summed E-state index contributed by atoms with van der Waals surface area (Å²) in [4.78, 5) is 11.1. The van der Waals surface area contributed by atoms with Crippen LogP contribution in [0.3, 0.4) is 0 Å². The van der Waals surface area contributed by atoms with E-state index in [-0.39, 0.29) is 11.4 Å². The molecule has 2 aliphatic rings. The van der Waals surface area contributed by atoms with Crippen molar-refractivity contribution in [3.8, 4) is 0 Å². The highest BCUT2D eigenvalue weighted by molar-refractivity contribution is 5.82. The van der Waals surface area contributed by atoms with Gasteiger partial charge in [0.2, 0.25) is 0 Å². The zero-order valence-electron chi connectivity index (χ0n) is 6.56. The van der Waals surface area contributed by atoms with E-state index in [2.05, 4.69) is 5.32 Å². The maximum Gasteiger partial charge on any atom is 0.149 e. The van der Waals surface area contributed by atoms with E-state index in [4.69, 9.17) is 4.74 Å². The first-order valence-corrected chi connectivity index (χ1v) is 4.17. The Balaban J connectivity index is 2.05. The largest absolute Gasteiger partial charge is 0.373 e. The SMILES string of the molecule is O=C1CNCC2(CCCO2)C1. The molecule has 3 nitrogen and oxygen atoms in total. The van der Waals surface area contributed by atoms with Crippen LogP contribution in [0.15, 0.2) is 0 Å². The predicted octanol–water partition coefficient (Wildman–Crippen LogP) is 0.0980. The Hall–Kier alpha value is -0.410. The van der Waals surface area contributed by atoms with Gasteiger partial charge in [-0.25, -0.2) is 0 Å². The lowest BCUT2D eigenvalue weighted by molar-refractivity contribution is -0.127. The number of carbonyl (C=O) groups is 1. The molecule has 62 valence electrons. The van der Waals surface area contributed by atoms with Gasteiger partial charge in [0.05, 0.1) is 12.1 Å². The minimum Gasteiger partial charge on any atom is -0.373 e. The summed E-state index contributed by atoms with van der Waals surface area (Å²) in [6.07, 6.45) is 2.78. The summed E-state index contributed by atoms with van der Waals surface area (Å²) in [5, 5.41) is 3.09. The Morgan fingerprint density at radius 1 is 1.55 bits per heavy atom. The molecule has 0 bridgehead atoms. The van der Waals surface area contributed by atoms with Crippen molar-refractivity contribution in [3.05, 3.63) is 0 Å². The van der Waals surface area contributed by atoms with Crippen molar-refractivity contribution in [2.75, 3.05) is 19.7 Å². The van der Waals surface area contributed by atoms with Gasteiger partial charge in [0.25, 0.3) is 0 Å². The minimum atomic E-state index is -0.116. The summed E-state index contributed by atoms with van der Waals surface area (Å²) in [7, 11) is 0. The average molecular weight is 155 g/mol. The highest BCUT2D eigenvalue weighted by Gasteiger charge is 2.39. The summed E-state index contributed by atoms with van der Waals surface area (Å²) in [6, 6.07) is 0. The lowest BCUT2D eigenvalue weighted by Gasteiger charge is -2.31. The van der Waals surface area contributed by atoms with Crippen molar-refractivity contribution in [1.82, 2.24) is 5.32 Å². The molecule has 0 amide bonds. The number of ether oxygens (including phenoxy) is 1. The Morgan fingerprint density at radius 2 is 2.45 bits per heavy atom. The molecular weight excluding hydrogens is 142 g/mol. The average Bonchev–Trinajstić information content (AvgIpc) is 2.37. The third-order valence-corrected chi connectivity index (χ3v) is 2.47. The number of piperidine rings is 1. The molecule has 2 aliphatic heterocycles. The van der Waals surface area contributed by atoms with Crippen LogP contribution in [0, 0.1) is 0 Å². The maximum atomic E-state index is 11.1. The van der Waals surface area contributed by atoms with Crippen LogP contribution in [0.1, 0.15) is 19.3 Å². The molecule has 1 spiro atoms. The number of carbonyl (C=O) groups excluding carboxylic acids is 1. The van der Waals surface area contributed by atoms with Gasteiger partial charge in [-0.3, -0.25) is 4.79 Å². The second kappa shape index (κ2) is 2.57. The van der Waals surface area contributed by atoms with Gasteiger partial charge in [-0.1, -0.05) is 0 Å². The first kappa shape index (κ1) is 7.25. The first-order valence-electron chi connectivity index (χ1n) is 4.17. The molecular formula is C8H13NO2. The van der Waals surface area contributed by atoms with E-state index in [0.29, 0.717) is 13.0 Å². The summed E-state index contributed by atoms with van der Waals surface area (Å²) < 4.78 is 5.57. The number of hydrogen-bond acceptors (Lipinski definition) is 3. The fourth-order valence-electron chi connectivity index (χ4n) is 1.95. The van der Waals surface area contributed by atoms with Crippen LogP contribution in [0.2, 0.25) is 0 Å². The molecule has 3 heteroatoms. The van der Waals surface area contributed by atoms with Crippen LogP contribution in [0.25, 0.3) is 0 Å². The van der Waals surface area contributed by atoms with Crippen molar-refractivity contribution in [2.24, 2.45) is 0 Å². The molecule has 2 heterocycles. The van der Waals surface area contributed by atoms with Crippen LogP contribution in [-0.2, 0) is 9.53 Å². The Morgan fingerprint density at radius 3 is 3.09 bits per heavy atom. The first-order chi connectivity index (χ1) is 5.31.